The number of hydrogen-bond acceptors (Lipinski definition) is 4. The summed E-state index contributed by atoms with van der Waals surface area (Å²) in [5.41, 5.74) is 0.802. The summed E-state index contributed by atoms with van der Waals surface area (Å²) in [6, 6.07) is 0.527. The number of ether oxygens (including phenoxy) is 1. The first-order valence-electron chi connectivity index (χ1n) is 8.09. The Morgan fingerprint density at radius 1 is 1.41 bits per heavy atom. The summed E-state index contributed by atoms with van der Waals surface area (Å²) in [4.78, 5) is 18.1. The van der Waals surface area contributed by atoms with Crippen LogP contribution in [0.4, 0.5) is 4.79 Å². The number of likely N-dealkylation sites (tertiary alicyclic amines) is 1. The highest BCUT2D eigenvalue weighted by molar-refractivity contribution is 5.69. The van der Waals surface area contributed by atoms with E-state index in [1.54, 1.807) is 0 Å². The highest BCUT2D eigenvalue weighted by atomic mass is 16.6. The molecule has 2 unspecified atom stereocenters. The van der Waals surface area contributed by atoms with Crippen molar-refractivity contribution in [3.05, 3.63) is 18.2 Å². The van der Waals surface area contributed by atoms with Crippen LogP contribution in [0.15, 0.2) is 12.5 Å². The van der Waals surface area contributed by atoms with Crippen molar-refractivity contribution in [1.82, 2.24) is 19.8 Å². The molecule has 0 radical (unpaired) electrons. The molecule has 1 saturated heterocycles. The molecule has 6 nitrogen and oxygen atoms in total. The van der Waals surface area contributed by atoms with Crippen LogP contribution in [0.3, 0.4) is 0 Å². The van der Waals surface area contributed by atoms with Gasteiger partial charge in [0.05, 0.1) is 12.0 Å². The molecule has 2 fully saturated rings. The molecule has 1 amide bonds. The van der Waals surface area contributed by atoms with Gasteiger partial charge in [-0.2, -0.15) is 0 Å². The predicted octanol–water partition coefficient (Wildman–Crippen LogP) is 1.86. The Bertz CT molecular complexity index is 537. The minimum atomic E-state index is -0.417. The topological polar surface area (TPSA) is 59.4 Å². The SMILES string of the molecule is CCn1cncc1CNC1C2CN(C(=O)OC(C)(C)C)CC21. The number of nitrogens with one attached hydrogen (secondary N) is 1. The lowest BCUT2D eigenvalue weighted by molar-refractivity contribution is 0.0269. The van der Waals surface area contributed by atoms with Gasteiger partial charge in [-0.1, -0.05) is 0 Å². The molecule has 2 aliphatic rings. The molecule has 0 bridgehead atoms. The first-order chi connectivity index (χ1) is 10.4. The monoisotopic (exact) mass is 306 g/mol. The van der Waals surface area contributed by atoms with E-state index in [-0.39, 0.29) is 6.09 Å². The number of rotatable bonds is 4. The van der Waals surface area contributed by atoms with Crippen LogP contribution in [0.1, 0.15) is 33.4 Å². The summed E-state index contributed by atoms with van der Waals surface area (Å²) in [6.45, 7) is 11.2. The van der Waals surface area contributed by atoms with E-state index in [2.05, 4.69) is 21.8 Å². The largest absolute Gasteiger partial charge is 0.444 e. The molecule has 1 saturated carbocycles. The molecule has 1 aromatic heterocycles. The van der Waals surface area contributed by atoms with E-state index in [0.717, 1.165) is 26.2 Å². The van der Waals surface area contributed by atoms with Gasteiger partial charge in [0.1, 0.15) is 5.60 Å². The number of imidazole rings is 1. The van der Waals surface area contributed by atoms with Crippen molar-refractivity contribution >= 4 is 6.09 Å². The van der Waals surface area contributed by atoms with Crippen molar-refractivity contribution in [1.29, 1.82) is 0 Å². The summed E-state index contributed by atoms with van der Waals surface area (Å²) in [5.74, 6) is 1.15. The Morgan fingerprint density at radius 2 is 2.09 bits per heavy atom. The standard InChI is InChI=1S/C16H26N4O2/c1-5-19-10-17-6-11(19)7-18-14-12-8-20(9-13(12)14)15(21)22-16(2,3)4/h6,10,12-14,18H,5,7-9H2,1-4H3. The Kier molecular flexibility index (Phi) is 3.89. The van der Waals surface area contributed by atoms with Gasteiger partial charge in [0, 0.05) is 38.4 Å². The van der Waals surface area contributed by atoms with Gasteiger partial charge < -0.3 is 19.5 Å². The maximum atomic E-state index is 12.0. The molecule has 1 N–H and O–H groups in total. The molecule has 6 heteroatoms. The van der Waals surface area contributed by atoms with Crippen LogP contribution in [0.5, 0.6) is 0 Å². The Balaban J connectivity index is 1.44. The second-order valence-corrected chi connectivity index (χ2v) is 7.29. The normalized spacial score (nSPS) is 26.9. The van der Waals surface area contributed by atoms with Crippen LogP contribution >= 0.6 is 0 Å². The summed E-state index contributed by atoms with van der Waals surface area (Å²) in [7, 11) is 0. The van der Waals surface area contributed by atoms with Crippen LogP contribution in [-0.4, -0.2) is 45.3 Å². The van der Waals surface area contributed by atoms with E-state index in [0.29, 0.717) is 17.9 Å². The van der Waals surface area contributed by atoms with Crippen LogP contribution in [-0.2, 0) is 17.8 Å². The van der Waals surface area contributed by atoms with Gasteiger partial charge in [0.15, 0.2) is 0 Å². The molecule has 22 heavy (non-hydrogen) atoms. The van der Waals surface area contributed by atoms with E-state index < -0.39 is 5.60 Å². The van der Waals surface area contributed by atoms with Gasteiger partial charge >= 0.3 is 6.09 Å². The molecule has 1 aliphatic carbocycles. The van der Waals surface area contributed by atoms with E-state index in [1.807, 2.05) is 38.2 Å². The van der Waals surface area contributed by atoms with Gasteiger partial charge in [-0.25, -0.2) is 9.78 Å². The molecule has 122 valence electrons. The van der Waals surface area contributed by atoms with E-state index in [1.165, 1.54) is 5.69 Å². The molecule has 2 heterocycles. The lowest BCUT2D eigenvalue weighted by atomic mass is 10.2. The smallest absolute Gasteiger partial charge is 0.410 e. The van der Waals surface area contributed by atoms with E-state index >= 15 is 0 Å². The quantitative estimate of drug-likeness (QED) is 0.922. The zero-order valence-electron chi connectivity index (χ0n) is 13.9. The van der Waals surface area contributed by atoms with Gasteiger partial charge in [-0.05, 0) is 39.5 Å². The van der Waals surface area contributed by atoms with Crippen molar-refractivity contribution in [2.24, 2.45) is 11.8 Å². The average molecular weight is 306 g/mol. The molecule has 1 aromatic rings. The molecule has 2 atom stereocenters. The third kappa shape index (κ3) is 3.11. The van der Waals surface area contributed by atoms with E-state index in [9.17, 15) is 4.79 Å². The Morgan fingerprint density at radius 3 is 2.68 bits per heavy atom. The molecule has 0 aromatic carbocycles. The van der Waals surface area contributed by atoms with Crippen LogP contribution in [0.2, 0.25) is 0 Å². The summed E-state index contributed by atoms with van der Waals surface area (Å²) >= 11 is 0. The highest BCUT2D eigenvalue weighted by Gasteiger charge is 2.56. The van der Waals surface area contributed by atoms with Crippen LogP contribution in [0.25, 0.3) is 0 Å². The molecule has 3 rings (SSSR count). The molecule has 0 spiro atoms. The number of fused-ring (bicyclic) bond motifs is 1. The van der Waals surface area contributed by atoms with Crippen molar-refractivity contribution in [2.75, 3.05) is 13.1 Å². The van der Waals surface area contributed by atoms with Crippen molar-refractivity contribution in [2.45, 2.75) is 52.4 Å². The lowest BCUT2D eigenvalue weighted by Gasteiger charge is -2.26. The van der Waals surface area contributed by atoms with Gasteiger partial charge in [0.25, 0.3) is 0 Å². The number of aryl methyl sites for hydroxylation is 1. The summed E-state index contributed by atoms with van der Waals surface area (Å²) in [6.07, 6.45) is 3.61. The number of carbonyl (C=O) groups excluding carboxylic acids is 1. The molecule has 1 aliphatic heterocycles. The number of amides is 1. The second-order valence-electron chi connectivity index (χ2n) is 7.29. The zero-order chi connectivity index (χ0) is 15.9. The van der Waals surface area contributed by atoms with Crippen molar-refractivity contribution in [3.63, 3.8) is 0 Å². The maximum absolute atomic E-state index is 12.0. The fourth-order valence-corrected chi connectivity index (χ4v) is 3.31. The van der Waals surface area contributed by atoms with Gasteiger partial charge in [-0.15, -0.1) is 0 Å². The number of hydrogen-bond donors (Lipinski definition) is 1. The first kappa shape index (κ1) is 15.3. The number of aromatic nitrogens is 2. The van der Waals surface area contributed by atoms with Crippen molar-refractivity contribution < 1.29 is 9.53 Å². The number of piperidine rings is 1. The maximum Gasteiger partial charge on any atom is 0.410 e. The van der Waals surface area contributed by atoms with E-state index in [4.69, 9.17) is 4.74 Å². The zero-order valence-corrected chi connectivity index (χ0v) is 13.9. The lowest BCUT2D eigenvalue weighted by Crippen LogP contribution is -2.39. The van der Waals surface area contributed by atoms with Crippen LogP contribution < -0.4 is 5.32 Å². The van der Waals surface area contributed by atoms with Gasteiger partial charge in [0.2, 0.25) is 0 Å². The first-order valence-corrected chi connectivity index (χ1v) is 8.09. The fraction of sp³-hybridized carbons (Fsp3) is 0.750. The van der Waals surface area contributed by atoms with Gasteiger partial charge in [-0.3, -0.25) is 0 Å². The highest BCUT2D eigenvalue weighted by Crippen LogP contribution is 2.45. The average Bonchev–Trinajstić information content (AvgIpc) is 2.85. The van der Waals surface area contributed by atoms with Crippen molar-refractivity contribution in [3.8, 4) is 0 Å². The number of carbonyl (C=O) groups is 1. The second kappa shape index (κ2) is 5.57. The Hall–Kier alpha value is -1.56. The fourth-order valence-electron chi connectivity index (χ4n) is 3.31. The minimum absolute atomic E-state index is 0.178. The van der Waals surface area contributed by atoms with Crippen LogP contribution in [0, 0.1) is 11.8 Å². The third-order valence-electron chi connectivity index (χ3n) is 4.50. The predicted molar refractivity (Wildman–Crippen MR) is 83.3 cm³/mol. The summed E-state index contributed by atoms with van der Waals surface area (Å²) < 4.78 is 7.58. The Labute approximate surface area is 131 Å². The third-order valence-corrected chi connectivity index (χ3v) is 4.50. The molecular weight excluding hydrogens is 280 g/mol. The minimum Gasteiger partial charge on any atom is -0.444 e. The number of nitrogens with zero attached hydrogens (tertiary/aromatic N) is 3. The summed E-state index contributed by atoms with van der Waals surface area (Å²) in [5, 5.41) is 3.60. The molecular formula is C16H26N4O2.